The van der Waals surface area contributed by atoms with Gasteiger partial charge in [0, 0.05) is 25.8 Å². The molecule has 1 heterocycles. The summed E-state index contributed by atoms with van der Waals surface area (Å²) in [6.45, 7) is 5.74. The van der Waals surface area contributed by atoms with E-state index in [-0.39, 0.29) is 12.4 Å². The summed E-state index contributed by atoms with van der Waals surface area (Å²) in [4.78, 5) is 11.4. The molecule has 0 aliphatic heterocycles. The number of ketones is 1. The van der Waals surface area contributed by atoms with Gasteiger partial charge in [-0.1, -0.05) is 6.92 Å². The van der Waals surface area contributed by atoms with Crippen molar-refractivity contribution < 1.29 is 9.53 Å². The van der Waals surface area contributed by atoms with Crippen LogP contribution < -0.4 is 0 Å². The SMILES string of the molecule is CCCOCC(=O)Cc1cnn(CC)c1. The minimum absolute atomic E-state index is 0.110. The van der Waals surface area contributed by atoms with Gasteiger partial charge in [0.15, 0.2) is 5.78 Å². The monoisotopic (exact) mass is 210 g/mol. The number of carbonyl (C=O) groups excluding carboxylic acids is 1. The second kappa shape index (κ2) is 6.35. The maximum Gasteiger partial charge on any atom is 0.162 e. The number of rotatable bonds is 7. The van der Waals surface area contributed by atoms with Crippen molar-refractivity contribution in [1.82, 2.24) is 9.78 Å². The predicted octanol–water partition coefficient (Wildman–Crippen LogP) is 1.44. The molecule has 0 unspecified atom stereocenters. The van der Waals surface area contributed by atoms with Crippen LogP contribution in [0.4, 0.5) is 0 Å². The van der Waals surface area contributed by atoms with Gasteiger partial charge in [-0.15, -0.1) is 0 Å². The predicted molar refractivity (Wildman–Crippen MR) is 57.7 cm³/mol. The molecule has 0 atom stereocenters. The third-order valence-electron chi connectivity index (χ3n) is 2.02. The lowest BCUT2D eigenvalue weighted by atomic mass is 10.2. The molecule has 84 valence electrons. The molecule has 0 saturated heterocycles. The highest BCUT2D eigenvalue weighted by molar-refractivity contribution is 5.81. The molecule has 0 amide bonds. The summed E-state index contributed by atoms with van der Waals surface area (Å²) in [6, 6.07) is 0. The van der Waals surface area contributed by atoms with E-state index in [4.69, 9.17) is 4.74 Å². The van der Waals surface area contributed by atoms with Crippen LogP contribution in [0.25, 0.3) is 0 Å². The molecule has 0 fully saturated rings. The van der Waals surface area contributed by atoms with Crippen LogP contribution in [0.15, 0.2) is 12.4 Å². The van der Waals surface area contributed by atoms with Crippen molar-refractivity contribution >= 4 is 5.78 Å². The molecule has 0 aliphatic rings. The van der Waals surface area contributed by atoms with Crippen LogP contribution in [0.3, 0.4) is 0 Å². The van der Waals surface area contributed by atoms with E-state index in [9.17, 15) is 4.79 Å². The third kappa shape index (κ3) is 4.25. The molecule has 15 heavy (non-hydrogen) atoms. The standard InChI is InChI=1S/C11H18N2O2/c1-3-5-15-9-11(14)6-10-7-12-13(4-2)8-10/h7-8H,3-6,9H2,1-2H3. The Morgan fingerprint density at radius 1 is 1.53 bits per heavy atom. The van der Waals surface area contributed by atoms with Crippen LogP contribution in [-0.4, -0.2) is 28.8 Å². The molecule has 0 spiro atoms. The first-order valence-electron chi connectivity index (χ1n) is 5.37. The van der Waals surface area contributed by atoms with Crippen molar-refractivity contribution in [3.05, 3.63) is 18.0 Å². The summed E-state index contributed by atoms with van der Waals surface area (Å²) in [5, 5.41) is 4.11. The van der Waals surface area contributed by atoms with Gasteiger partial charge in [0.1, 0.15) is 6.61 Å². The van der Waals surface area contributed by atoms with Crippen molar-refractivity contribution in [2.24, 2.45) is 0 Å². The van der Waals surface area contributed by atoms with Crippen molar-refractivity contribution in [2.45, 2.75) is 33.2 Å². The largest absolute Gasteiger partial charge is 0.374 e. The van der Waals surface area contributed by atoms with Gasteiger partial charge in [0.2, 0.25) is 0 Å². The van der Waals surface area contributed by atoms with E-state index in [1.54, 1.807) is 6.20 Å². The van der Waals surface area contributed by atoms with Gasteiger partial charge in [0.05, 0.1) is 6.20 Å². The number of hydrogen-bond acceptors (Lipinski definition) is 3. The van der Waals surface area contributed by atoms with Gasteiger partial charge in [-0.25, -0.2) is 0 Å². The molecule has 0 saturated carbocycles. The molecular weight excluding hydrogens is 192 g/mol. The highest BCUT2D eigenvalue weighted by atomic mass is 16.5. The van der Waals surface area contributed by atoms with E-state index in [0.29, 0.717) is 13.0 Å². The van der Waals surface area contributed by atoms with E-state index in [1.807, 2.05) is 24.7 Å². The Bertz CT molecular complexity index is 307. The molecule has 1 rings (SSSR count). The summed E-state index contributed by atoms with van der Waals surface area (Å²) in [5.41, 5.74) is 0.960. The van der Waals surface area contributed by atoms with Crippen LogP contribution in [0.5, 0.6) is 0 Å². The quantitative estimate of drug-likeness (QED) is 0.640. The summed E-state index contributed by atoms with van der Waals surface area (Å²) in [7, 11) is 0. The molecule has 0 aromatic carbocycles. The Morgan fingerprint density at radius 3 is 2.93 bits per heavy atom. The van der Waals surface area contributed by atoms with E-state index in [1.165, 1.54) is 0 Å². The first-order chi connectivity index (χ1) is 7.26. The maximum absolute atomic E-state index is 11.4. The number of ether oxygens (including phenoxy) is 1. The Balaban J connectivity index is 2.31. The van der Waals surface area contributed by atoms with Gasteiger partial charge < -0.3 is 4.74 Å². The summed E-state index contributed by atoms with van der Waals surface area (Å²) < 4.78 is 6.99. The lowest BCUT2D eigenvalue weighted by Crippen LogP contribution is -2.11. The fourth-order valence-corrected chi connectivity index (χ4v) is 1.28. The molecule has 4 nitrogen and oxygen atoms in total. The lowest BCUT2D eigenvalue weighted by molar-refractivity contribution is -0.122. The normalized spacial score (nSPS) is 10.5. The third-order valence-corrected chi connectivity index (χ3v) is 2.02. The van der Waals surface area contributed by atoms with Crippen molar-refractivity contribution in [3.63, 3.8) is 0 Å². The highest BCUT2D eigenvalue weighted by Crippen LogP contribution is 2.00. The van der Waals surface area contributed by atoms with Gasteiger partial charge >= 0.3 is 0 Å². The van der Waals surface area contributed by atoms with Crippen molar-refractivity contribution in [1.29, 1.82) is 0 Å². The summed E-state index contributed by atoms with van der Waals surface area (Å²) >= 11 is 0. The average Bonchev–Trinajstić information content (AvgIpc) is 2.66. The van der Waals surface area contributed by atoms with Crippen molar-refractivity contribution in [2.75, 3.05) is 13.2 Å². The van der Waals surface area contributed by atoms with Gasteiger partial charge in [-0.05, 0) is 18.9 Å². The fourth-order valence-electron chi connectivity index (χ4n) is 1.28. The van der Waals surface area contributed by atoms with Crippen LogP contribution >= 0.6 is 0 Å². The zero-order chi connectivity index (χ0) is 11.1. The number of hydrogen-bond donors (Lipinski definition) is 0. The Hall–Kier alpha value is -1.16. The van der Waals surface area contributed by atoms with Gasteiger partial charge in [-0.3, -0.25) is 9.48 Å². The molecular formula is C11H18N2O2. The van der Waals surface area contributed by atoms with E-state index >= 15 is 0 Å². The van der Waals surface area contributed by atoms with Crippen LogP contribution in [0, 0.1) is 0 Å². The number of aryl methyl sites for hydroxylation is 1. The first kappa shape index (κ1) is 11.9. The van der Waals surface area contributed by atoms with Gasteiger partial charge in [-0.2, -0.15) is 5.10 Å². The lowest BCUT2D eigenvalue weighted by Gasteiger charge is -2.00. The van der Waals surface area contributed by atoms with E-state index in [2.05, 4.69) is 5.10 Å². The smallest absolute Gasteiger partial charge is 0.162 e. The Labute approximate surface area is 90.2 Å². The van der Waals surface area contributed by atoms with E-state index in [0.717, 1.165) is 18.5 Å². The minimum Gasteiger partial charge on any atom is -0.374 e. The number of aromatic nitrogens is 2. The summed E-state index contributed by atoms with van der Waals surface area (Å²) in [5.74, 6) is 0.110. The van der Waals surface area contributed by atoms with Crippen LogP contribution in [0.2, 0.25) is 0 Å². The number of Topliss-reactive ketones (excluding diaryl/α,β-unsaturated/α-hetero) is 1. The van der Waals surface area contributed by atoms with Crippen LogP contribution in [-0.2, 0) is 22.5 Å². The number of nitrogens with zero attached hydrogens (tertiary/aromatic N) is 2. The molecule has 0 radical (unpaired) electrons. The molecule has 1 aromatic heterocycles. The highest BCUT2D eigenvalue weighted by Gasteiger charge is 2.05. The molecule has 1 aromatic rings. The van der Waals surface area contributed by atoms with Crippen molar-refractivity contribution in [3.8, 4) is 0 Å². The topological polar surface area (TPSA) is 44.1 Å². The Kier molecular flexibility index (Phi) is 5.04. The minimum atomic E-state index is 0.110. The maximum atomic E-state index is 11.4. The van der Waals surface area contributed by atoms with Crippen LogP contribution in [0.1, 0.15) is 25.8 Å². The average molecular weight is 210 g/mol. The molecule has 0 bridgehead atoms. The molecule has 4 heteroatoms. The second-order valence-electron chi connectivity index (χ2n) is 3.47. The molecule has 0 N–H and O–H groups in total. The van der Waals surface area contributed by atoms with E-state index < -0.39 is 0 Å². The fraction of sp³-hybridized carbons (Fsp3) is 0.636. The summed E-state index contributed by atoms with van der Waals surface area (Å²) in [6.07, 6.45) is 5.00. The Morgan fingerprint density at radius 2 is 2.33 bits per heavy atom. The zero-order valence-corrected chi connectivity index (χ0v) is 9.40. The molecule has 0 aliphatic carbocycles. The first-order valence-corrected chi connectivity index (χ1v) is 5.37. The second-order valence-corrected chi connectivity index (χ2v) is 3.47. The number of carbonyl (C=O) groups is 1. The van der Waals surface area contributed by atoms with Gasteiger partial charge in [0.25, 0.3) is 0 Å². The zero-order valence-electron chi connectivity index (χ0n) is 9.40.